The van der Waals surface area contributed by atoms with Crippen molar-refractivity contribution in [1.29, 1.82) is 5.26 Å². The molecule has 0 radical (unpaired) electrons. The van der Waals surface area contributed by atoms with E-state index in [-0.39, 0.29) is 37.2 Å². The van der Waals surface area contributed by atoms with Crippen LogP contribution in [0.15, 0.2) is 11.8 Å². The number of carbonyl (C=O) groups is 2. The monoisotopic (exact) mass is 322 g/mol. The summed E-state index contributed by atoms with van der Waals surface area (Å²) < 4.78 is 4.91. The summed E-state index contributed by atoms with van der Waals surface area (Å²) in [4.78, 5) is 27.2. The second kappa shape index (κ2) is 9.85. The maximum Gasteiger partial charge on any atom is 0.413 e. The van der Waals surface area contributed by atoms with E-state index in [0.717, 1.165) is 25.7 Å². The van der Waals surface area contributed by atoms with E-state index < -0.39 is 6.09 Å². The fourth-order valence-corrected chi connectivity index (χ4v) is 2.67. The summed E-state index contributed by atoms with van der Waals surface area (Å²) in [6, 6.07) is 2.04. The average molecular weight is 322 g/mol. The van der Waals surface area contributed by atoms with Crippen molar-refractivity contribution >= 4 is 12.0 Å². The third-order valence-electron chi connectivity index (χ3n) is 3.95. The maximum atomic E-state index is 12.5. The van der Waals surface area contributed by atoms with Crippen LogP contribution in [-0.2, 0) is 9.53 Å². The molecule has 0 aromatic rings. The highest BCUT2D eigenvalue weighted by Gasteiger charge is 2.25. The molecule has 7 nitrogen and oxygen atoms in total. The van der Waals surface area contributed by atoms with Crippen LogP contribution in [-0.4, -0.2) is 54.6 Å². The Kier molecular flexibility index (Phi) is 8.13. The molecule has 0 aromatic carbocycles. The summed E-state index contributed by atoms with van der Waals surface area (Å²) >= 11 is 0. The standard InChI is InChI=1S/C16H26N4O3/c1-3-23-16(22)20(10-9-17)12-13(11-18)15(21)19(2)14-7-5-4-6-8-14/h12,14H,3-10,17H2,1-2H3/b13-12-. The highest BCUT2D eigenvalue weighted by Crippen LogP contribution is 2.22. The van der Waals surface area contributed by atoms with Gasteiger partial charge in [-0.05, 0) is 19.8 Å². The normalized spacial score (nSPS) is 15.7. The van der Waals surface area contributed by atoms with Crippen LogP contribution < -0.4 is 5.73 Å². The van der Waals surface area contributed by atoms with Gasteiger partial charge < -0.3 is 15.4 Å². The molecule has 0 saturated heterocycles. The first-order valence-electron chi connectivity index (χ1n) is 8.07. The number of nitrogens with two attached hydrogens (primary N) is 1. The quantitative estimate of drug-likeness (QED) is 0.591. The van der Waals surface area contributed by atoms with Crippen molar-refractivity contribution in [1.82, 2.24) is 9.80 Å². The van der Waals surface area contributed by atoms with Crippen LogP contribution in [0.4, 0.5) is 4.79 Å². The Labute approximate surface area is 137 Å². The molecule has 2 N–H and O–H groups in total. The molecule has 1 aliphatic rings. The van der Waals surface area contributed by atoms with Gasteiger partial charge in [-0.3, -0.25) is 9.69 Å². The molecule has 1 fully saturated rings. The number of hydrogen-bond donors (Lipinski definition) is 1. The minimum Gasteiger partial charge on any atom is -0.449 e. The van der Waals surface area contributed by atoms with Gasteiger partial charge in [0.1, 0.15) is 11.6 Å². The molecule has 7 heteroatoms. The number of nitrogens with zero attached hydrogens (tertiary/aromatic N) is 3. The molecule has 0 atom stereocenters. The molecule has 1 aliphatic carbocycles. The zero-order chi connectivity index (χ0) is 17.2. The Bertz CT molecular complexity index is 478. The van der Waals surface area contributed by atoms with Crippen LogP contribution in [0.3, 0.4) is 0 Å². The van der Waals surface area contributed by atoms with Crippen molar-refractivity contribution in [3.05, 3.63) is 11.8 Å². The van der Waals surface area contributed by atoms with Gasteiger partial charge in [0.15, 0.2) is 0 Å². The predicted molar refractivity (Wildman–Crippen MR) is 86.1 cm³/mol. The molecule has 0 aromatic heterocycles. The summed E-state index contributed by atoms with van der Waals surface area (Å²) in [6.45, 7) is 2.30. The van der Waals surface area contributed by atoms with Crippen molar-refractivity contribution in [2.75, 3.05) is 26.7 Å². The van der Waals surface area contributed by atoms with E-state index in [9.17, 15) is 14.9 Å². The van der Waals surface area contributed by atoms with Gasteiger partial charge in [-0.1, -0.05) is 19.3 Å². The summed E-state index contributed by atoms with van der Waals surface area (Å²) in [6.07, 6.45) is 5.90. The molecular formula is C16H26N4O3. The molecule has 0 heterocycles. The van der Waals surface area contributed by atoms with Crippen LogP contribution in [0.1, 0.15) is 39.0 Å². The lowest BCUT2D eigenvalue weighted by Gasteiger charge is -2.31. The van der Waals surface area contributed by atoms with Crippen molar-refractivity contribution in [2.45, 2.75) is 45.1 Å². The van der Waals surface area contributed by atoms with Crippen molar-refractivity contribution in [3.63, 3.8) is 0 Å². The van der Waals surface area contributed by atoms with Crippen molar-refractivity contribution < 1.29 is 14.3 Å². The average Bonchev–Trinajstić information content (AvgIpc) is 2.58. The fraction of sp³-hybridized carbons (Fsp3) is 0.688. The summed E-state index contributed by atoms with van der Waals surface area (Å²) in [5.74, 6) is -0.370. The zero-order valence-corrected chi connectivity index (χ0v) is 14.0. The Morgan fingerprint density at radius 2 is 2.00 bits per heavy atom. The SMILES string of the molecule is CCOC(=O)N(/C=C(/C#N)C(=O)N(C)C1CCCCC1)CCN. The number of rotatable bonds is 6. The minimum atomic E-state index is -0.612. The number of likely N-dealkylation sites (N-methyl/N-ethyl adjacent to an activating group) is 1. The van der Waals surface area contributed by atoms with Crippen LogP contribution in [0.25, 0.3) is 0 Å². The lowest BCUT2D eigenvalue weighted by Crippen LogP contribution is -2.40. The van der Waals surface area contributed by atoms with Crippen molar-refractivity contribution in [3.8, 4) is 6.07 Å². The topological polar surface area (TPSA) is 99.7 Å². The van der Waals surface area contributed by atoms with E-state index in [1.165, 1.54) is 17.5 Å². The van der Waals surface area contributed by atoms with E-state index in [1.807, 2.05) is 6.07 Å². The fourth-order valence-electron chi connectivity index (χ4n) is 2.67. The second-order valence-corrected chi connectivity index (χ2v) is 5.54. The second-order valence-electron chi connectivity index (χ2n) is 5.54. The largest absolute Gasteiger partial charge is 0.449 e. The van der Waals surface area contributed by atoms with Gasteiger partial charge in [0.05, 0.1) is 6.61 Å². The van der Waals surface area contributed by atoms with Crippen LogP contribution in [0.2, 0.25) is 0 Å². The van der Waals surface area contributed by atoms with E-state index in [2.05, 4.69) is 0 Å². The highest BCUT2D eigenvalue weighted by atomic mass is 16.6. The molecule has 128 valence electrons. The first kappa shape index (κ1) is 19.0. The molecule has 2 amide bonds. The van der Waals surface area contributed by atoms with E-state index >= 15 is 0 Å². The van der Waals surface area contributed by atoms with Gasteiger partial charge in [-0.2, -0.15) is 5.26 Å². The molecule has 0 spiro atoms. The van der Waals surface area contributed by atoms with E-state index in [1.54, 1.807) is 18.9 Å². The lowest BCUT2D eigenvalue weighted by atomic mass is 9.94. The van der Waals surface area contributed by atoms with Gasteiger partial charge in [0.2, 0.25) is 0 Å². The first-order chi connectivity index (χ1) is 11.0. The van der Waals surface area contributed by atoms with Crippen molar-refractivity contribution in [2.24, 2.45) is 5.73 Å². The number of hydrogen-bond acceptors (Lipinski definition) is 5. The zero-order valence-electron chi connectivity index (χ0n) is 14.0. The molecule has 1 saturated carbocycles. The maximum absolute atomic E-state index is 12.5. The van der Waals surface area contributed by atoms with Crippen LogP contribution in [0.5, 0.6) is 0 Å². The third kappa shape index (κ3) is 5.57. The smallest absolute Gasteiger partial charge is 0.413 e. The van der Waals surface area contributed by atoms with Gasteiger partial charge in [-0.25, -0.2) is 4.79 Å². The third-order valence-corrected chi connectivity index (χ3v) is 3.95. The predicted octanol–water partition coefficient (Wildman–Crippen LogP) is 1.60. The molecule has 1 rings (SSSR count). The number of ether oxygens (including phenoxy) is 1. The van der Waals surface area contributed by atoms with E-state index in [4.69, 9.17) is 10.5 Å². The van der Waals surface area contributed by atoms with Gasteiger partial charge in [-0.15, -0.1) is 0 Å². The number of carbonyl (C=O) groups excluding carboxylic acids is 2. The lowest BCUT2D eigenvalue weighted by molar-refractivity contribution is -0.128. The van der Waals surface area contributed by atoms with Gasteiger partial charge >= 0.3 is 6.09 Å². The van der Waals surface area contributed by atoms with Crippen LogP contribution >= 0.6 is 0 Å². The molecular weight excluding hydrogens is 296 g/mol. The molecule has 23 heavy (non-hydrogen) atoms. The Hall–Kier alpha value is -2.07. The molecule has 0 bridgehead atoms. The van der Waals surface area contributed by atoms with Crippen LogP contribution in [0, 0.1) is 11.3 Å². The Morgan fingerprint density at radius 3 is 2.52 bits per heavy atom. The molecule has 0 aliphatic heterocycles. The number of nitriles is 1. The minimum absolute atomic E-state index is 0.0837. The summed E-state index contributed by atoms with van der Waals surface area (Å²) in [5.41, 5.74) is 5.39. The van der Waals surface area contributed by atoms with E-state index in [0.29, 0.717) is 0 Å². The number of amides is 2. The first-order valence-corrected chi connectivity index (χ1v) is 8.07. The summed E-state index contributed by atoms with van der Waals surface area (Å²) in [7, 11) is 1.71. The van der Waals surface area contributed by atoms with Gasteiger partial charge in [0.25, 0.3) is 5.91 Å². The summed E-state index contributed by atoms with van der Waals surface area (Å²) in [5, 5.41) is 9.30. The molecule has 0 unspecified atom stereocenters. The van der Waals surface area contributed by atoms with Gasteiger partial charge in [0, 0.05) is 32.4 Å². The Balaban J connectivity index is 2.87. The Morgan fingerprint density at radius 1 is 1.35 bits per heavy atom. The highest BCUT2D eigenvalue weighted by molar-refractivity contribution is 5.97.